The molecule has 1 aliphatic rings. The second-order valence-corrected chi connectivity index (χ2v) is 7.66. The lowest BCUT2D eigenvalue weighted by Gasteiger charge is -2.32. The molecule has 0 saturated carbocycles. The Hall–Kier alpha value is -2.77. The lowest BCUT2D eigenvalue weighted by Crippen LogP contribution is -2.50. The maximum atomic E-state index is 11.8. The Bertz CT molecular complexity index is 788. The number of alkyl halides is 3. The molecular formula is C21H34F3N5O5. The average molecular weight is 494 g/mol. The summed E-state index contributed by atoms with van der Waals surface area (Å²) in [7, 11) is 1.53. The van der Waals surface area contributed by atoms with Crippen LogP contribution in [0.2, 0.25) is 0 Å². The number of hydrogen-bond acceptors (Lipinski definition) is 9. The number of aliphatic imine (C=N–C) groups is 1. The highest BCUT2D eigenvalue weighted by atomic mass is 19.4. The highest BCUT2D eigenvalue weighted by molar-refractivity contribution is 5.92. The first-order chi connectivity index (χ1) is 15.8. The predicted octanol–water partition coefficient (Wildman–Crippen LogP) is 1.93. The third kappa shape index (κ3) is 13.1. The third-order valence-corrected chi connectivity index (χ3v) is 3.70. The molecule has 13 heteroatoms. The van der Waals surface area contributed by atoms with Gasteiger partial charge in [0, 0.05) is 20.2 Å². The highest BCUT2D eigenvalue weighted by Crippen LogP contribution is 2.26. The normalized spacial score (nSPS) is 20.7. The van der Waals surface area contributed by atoms with Crippen LogP contribution >= 0.6 is 0 Å². The Morgan fingerprint density at radius 3 is 2.47 bits per heavy atom. The summed E-state index contributed by atoms with van der Waals surface area (Å²) in [5, 5.41) is 21.8. The summed E-state index contributed by atoms with van der Waals surface area (Å²) in [6.45, 7) is 8.61. The summed E-state index contributed by atoms with van der Waals surface area (Å²) in [6, 6.07) is 0. The van der Waals surface area contributed by atoms with Crippen molar-refractivity contribution in [3.8, 4) is 0 Å². The molecule has 0 spiro atoms. The first-order valence-electron chi connectivity index (χ1n) is 10.5. The molecule has 1 saturated heterocycles. The fraction of sp³-hybridized carbons (Fsp3) is 0.619. The van der Waals surface area contributed by atoms with Crippen molar-refractivity contribution in [2.75, 3.05) is 25.9 Å². The minimum atomic E-state index is -4.47. The third-order valence-electron chi connectivity index (χ3n) is 3.70. The number of hydrogen-bond donors (Lipinski definition) is 4. The van der Waals surface area contributed by atoms with Crippen molar-refractivity contribution in [1.29, 1.82) is 0 Å². The minimum Gasteiger partial charge on any atom is -0.441 e. The van der Waals surface area contributed by atoms with Crippen LogP contribution in [0.1, 0.15) is 39.8 Å². The number of anilines is 1. The molecule has 194 valence electrons. The number of nitrogens with zero attached hydrogens (tertiary/aromatic N) is 3. The molecule has 2 rings (SSSR count). The van der Waals surface area contributed by atoms with Gasteiger partial charge in [-0.15, -0.1) is 0 Å². The lowest BCUT2D eigenvalue weighted by atomic mass is 10.0. The number of aliphatic hydroxyl groups is 2. The molecule has 0 radical (unpaired) electrons. The second kappa shape index (κ2) is 16.0. The van der Waals surface area contributed by atoms with Gasteiger partial charge in [-0.3, -0.25) is 14.8 Å². The van der Waals surface area contributed by atoms with Gasteiger partial charge in [-0.1, -0.05) is 20.8 Å². The van der Waals surface area contributed by atoms with E-state index in [1.54, 1.807) is 6.92 Å². The molecule has 1 amide bonds. The van der Waals surface area contributed by atoms with Gasteiger partial charge in [0.1, 0.15) is 18.0 Å². The Labute approximate surface area is 197 Å². The zero-order valence-corrected chi connectivity index (χ0v) is 19.9. The first-order valence-corrected chi connectivity index (χ1v) is 10.5. The summed E-state index contributed by atoms with van der Waals surface area (Å²) in [4.78, 5) is 21.6. The van der Waals surface area contributed by atoms with Gasteiger partial charge in [-0.25, -0.2) is 4.98 Å². The van der Waals surface area contributed by atoms with Crippen molar-refractivity contribution >= 4 is 18.1 Å². The number of rotatable bonds is 5. The Morgan fingerprint density at radius 1 is 1.38 bits per heavy atom. The number of carbonyl (C=O) groups is 1. The van der Waals surface area contributed by atoms with Crippen LogP contribution in [0.5, 0.6) is 0 Å². The maximum absolute atomic E-state index is 11.8. The molecule has 5 N–H and O–H groups in total. The summed E-state index contributed by atoms with van der Waals surface area (Å²) in [5.41, 5.74) is 3.91. The number of aliphatic hydroxyl groups excluding tert-OH is 2. The number of aromatic nitrogens is 2. The summed E-state index contributed by atoms with van der Waals surface area (Å²) in [6.07, 6.45) is -2.18. The Balaban J connectivity index is 0.000000609. The van der Waals surface area contributed by atoms with Crippen LogP contribution < -0.4 is 11.1 Å². The van der Waals surface area contributed by atoms with Crippen LogP contribution in [0.4, 0.5) is 19.0 Å². The molecule has 3 atom stereocenters. The number of allylic oxidation sites excluding steroid dienone is 1. The monoisotopic (exact) mass is 493 g/mol. The van der Waals surface area contributed by atoms with Crippen LogP contribution in [-0.4, -0.2) is 71.0 Å². The van der Waals surface area contributed by atoms with E-state index in [-0.39, 0.29) is 18.1 Å². The number of ether oxygens (including phenoxy) is 2. The van der Waals surface area contributed by atoms with Crippen molar-refractivity contribution in [3.05, 3.63) is 29.9 Å². The second-order valence-electron chi connectivity index (χ2n) is 7.66. The number of nitrogens with one attached hydrogen (secondary N) is 1. The van der Waals surface area contributed by atoms with Gasteiger partial charge in [0.25, 0.3) is 5.91 Å². The zero-order valence-electron chi connectivity index (χ0n) is 19.9. The predicted molar refractivity (Wildman–Crippen MR) is 121 cm³/mol. The van der Waals surface area contributed by atoms with Crippen LogP contribution in [0.3, 0.4) is 0 Å². The van der Waals surface area contributed by atoms with Crippen LogP contribution in [0.25, 0.3) is 0 Å². The molecule has 1 aromatic heterocycles. The number of halogens is 3. The topological polar surface area (TPSA) is 152 Å². The van der Waals surface area contributed by atoms with E-state index in [0.29, 0.717) is 19.2 Å². The van der Waals surface area contributed by atoms with Gasteiger partial charge >= 0.3 is 6.18 Å². The number of amides is 1. The van der Waals surface area contributed by atoms with Crippen molar-refractivity contribution in [1.82, 2.24) is 15.3 Å². The zero-order chi connectivity index (χ0) is 26.3. The molecule has 0 aromatic carbocycles. The van der Waals surface area contributed by atoms with E-state index in [0.717, 1.165) is 18.5 Å². The number of carbonyl (C=O) groups excluding carboxylic acids is 1. The van der Waals surface area contributed by atoms with E-state index in [1.807, 2.05) is 0 Å². The van der Waals surface area contributed by atoms with E-state index in [9.17, 15) is 28.2 Å². The van der Waals surface area contributed by atoms with E-state index in [4.69, 9.17) is 15.2 Å². The lowest BCUT2D eigenvalue weighted by molar-refractivity contribution is -0.141. The molecule has 1 aromatic rings. The van der Waals surface area contributed by atoms with E-state index < -0.39 is 36.1 Å². The summed E-state index contributed by atoms with van der Waals surface area (Å²) < 4.78 is 45.7. The SMILES string of the molecule is C/C=C(\OC=NC)C(=O)NCC1OCCC(O)C1O.CC(C)C.Nc1cncc(C(F)(F)F)n1. The minimum absolute atomic E-state index is 0.0982. The summed E-state index contributed by atoms with van der Waals surface area (Å²) >= 11 is 0. The van der Waals surface area contributed by atoms with Crippen LogP contribution in [0, 0.1) is 5.92 Å². The van der Waals surface area contributed by atoms with Crippen molar-refractivity contribution in [2.24, 2.45) is 10.9 Å². The summed E-state index contributed by atoms with van der Waals surface area (Å²) in [5.74, 6) is 0.273. The maximum Gasteiger partial charge on any atom is 0.434 e. The average Bonchev–Trinajstić information content (AvgIpc) is 2.75. The molecule has 0 bridgehead atoms. The first kappa shape index (κ1) is 31.2. The van der Waals surface area contributed by atoms with E-state index in [2.05, 4.69) is 41.0 Å². The van der Waals surface area contributed by atoms with Gasteiger partial charge in [0.2, 0.25) is 0 Å². The van der Waals surface area contributed by atoms with E-state index >= 15 is 0 Å². The molecule has 34 heavy (non-hydrogen) atoms. The Morgan fingerprint density at radius 2 is 2.00 bits per heavy atom. The molecule has 3 unspecified atom stereocenters. The molecular weight excluding hydrogens is 459 g/mol. The van der Waals surface area contributed by atoms with Gasteiger partial charge in [-0.2, -0.15) is 13.2 Å². The molecule has 1 aliphatic heterocycles. The van der Waals surface area contributed by atoms with Crippen LogP contribution in [0.15, 0.2) is 29.2 Å². The molecule has 10 nitrogen and oxygen atoms in total. The molecule has 1 fully saturated rings. The fourth-order valence-corrected chi connectivity index (χ4v) is 2.20. The molecule has 2 heterocycles. The van der Waals surface area contributed by atoms with E-state index in [1.165, 1.54) is 13.1 Å². The van der Waals surface area contributed by atoms with Gasteiger partial charge < -0.3 is 30.7 Å². The van der Waals surface area contributed by atoms with Crippen LogP contribution in [-0.2, 0) is 20.4 Å². The van der Waals surface area contributed by atoms with Gasteiger partial charge in [-0.05, 0) is 25.3 Å². The largest absolute Gasteiger partial charge is 0.441 e. The van der Waals surface area contributed by atoms with Gasteiger partial charge in [0.15, 0.2) is 17.9 Å². The molecule has 0 aliphatic carbocycles. The quantitative estimate of drug-likeness (QED) is 0.210. The Kier molecular flexibility index (Phi) is 14.7. The van der Waals surface area contributed by atoms with Crippen molar-refractivity contribution < 1.29 is 37.7 Å². The highest BCUT2D eigenvalue weighted by Gasteiger charge is 2.33. The standard InChI is InChI=1S/C12H20N2O5.C5H4F3N3.C4H10/c1-3-9(19-7-13-2)12(17)14-6-10-11(16)8(15)4-5-18-10;6-5(7,8)3-1-10-2-4(9)11-3;1-4(2)3/h3,7-8,10-11,15-16H,4-6H2,1-2H3,(H,14,17);1-2H,(H2,9,11);4H,1-3H3/b9-3-,13-7?;;. The number of nitrogen functional groups attached to an aromatic ring is 1. The fourth-order valence-electron chi connectivity index (χ4n) is 2.20. The van der Waals surface area contributed by atoms with Crippen molar-refractivity contribution in [2.45, 2.75) is 58.6 Å². The van der Waals surface area contributed by atoms with Crippen molar-refractivity contribution in [3.63, 3.8) is 0 Å². The van der Waals surface area contributed by atoms with Gasteiger partial charge in [0.05, 0.1) is 18.5 Å². The smallest absolute Gasteiger partial charge is 0.434 e. The number of nitrogens with two attached hydrogens (primary N) is 1.